The van der Waals surface area contributed by atoms with Crippen molar-refractivity contribution in [1.82, 2.24) is 15.2 Å². The Labute approximate surface area is 137 Å². The highest BCUT2D eigenvalue weighted by atomic mass is 32.1. The van der Waals surface area contributed by atoms with Crippen LogP contribution in [0.4, 0.5) is 4.79 Å². The smallest absolute Gasteiger partial charge is 0.318 e. The van der Waals surface area contributed by atoms with E-state index in [1.807, 2.05) is 24.9 Å². The Balaban J connectivity index is 2.06. The first-order chi connectivity index (χ1) is 10.5. The van der Waals surface area contributed by atoms with Crippen molar-refractivity contribution in [2.45, 2.75) is 58.0 Å². The summed E-state index contributed by atoms with van der Waals surface area (Å²) < 4.78 is 5.42. The molecule has 1 N–H and O–H groups in total. The lowest BCUT2D eigenvalue weighted by molar-refractivity contribution is 0.0495. The third-order valence-electron chi connectivity index (χ3n) is 4.32. The van der Waals surface area contributed by atoms with Gasteiger partial charge in [0.05, 0.1) is 18.2 Å². The standard InChI is InChI=1S/C16H27N3O2S/c1-5-7-16(11-21-4)8-6-9-19(16)15(20)18-13(3)14-17-10-12(2)22-14/h10,13H,5-9,11H2,1-4H3,(H,18,20)/t13-,16+/m1/s1. The van der Waals surface area contributed by atoms with Crippen LogP contribution in [0.5, 0.6) is 0 Å². The van der Waals surface area contributed by atoms with Gasteiger partial charge in [-0.1, -0.05) is 13.3 Å². The number of rotatable bonds is 6. The van der Waals surface area contributed by atoms with Crippen molar-refractivity contribution in [3.05, 3.63) is 16.1 Å². The van der Waals surface area contributed by atoms with Crippen molar-refractivity contribution in [3.63, 3.8) is 0 Å². The van der Waals surface area contributed by atoms with Crippen LogP contribution in [0, 0.1) is 6.92 Å². The number of hydrogen-bond donors (Lipinski definition) is 1. The van der Waals surface area contributed by atoms with E-state index in [1.165, 1.54) is 0 Å². The van der Waals surface area contributed by atoms with Gasteiger partial charge >= 0.3 is 6.03 Å². The van der Waals surface area contributed by atoms with Crippen molar-refractivity contribution in [2.24, 2.45) is 0 Å². The van der Waals surface area contributed by atoms with Crippen molar-refractivity contribution in [3.8, 4) is 0 Å². The highest BCUT2D eigenvalue weighted by Gasteiger charge is 2.43. The summed E-state index contributed by atoms with van der Waals surface area (Å²) >= 11 is 1.63. The van der Waals surface area contributed by atoms with Crippen LogP contribution in [-0.2, 0) is 4.74 Å². The van der Waals surface area contributed by atoms with E-state index in [0.717, 1.165) is 42.1 Å². The molecule has 124 valence electrons. The van der Waals surface area contributed by atoms with Crippen LogP contribution in [0.3, 0.4) is 0 Å². The number of hydrogen-bond acceptors (Lipinski definition) is 4. The Morgan fingerprint density at radius 3 is 3.00 bits per heavy atom. The Morgan fingerprint density at radius 1 is 1.64 bits per heavy atom. The zero-order valence-corrected chi connectivity index (χ0v) is 14.8. The van der Waals surface area contributed by atoms with Gasteiger partial charge in [-0.25, -0.2) is 9.78 Å². The van der Waals surface area contributed by atoms with Crippen LogP contribution in [-0.4, -0.2) is 41.7 Å². The molecule has 2 heterocycles. The zero-order chi connectivity index (χ0) is 16.2. The fraction of sp³-hybridized carbons (Fsp3) is 0.750. The molecule has 0 radical (unpaired) electrons. The van der Waals surface area contributed by atoms with E-state index in [9.17, 15) is 4.79 Å². The molecule has 1 aliphatic rings. The molecule has 1 aromatic rings. The highest BCUT2D eigenvalue weighted by molar-refractivity contribution is 7.11. The summed E-state index contributed by atoms with van der Waals surface area (Å²) in [7, 11) is 1.72. The Morgan fingerprint density at radius 2 is 2.41 bits per heavy atom. The maximum atomic E-state index is 12.7. The van der Waals surface area contributed by atoms with Crippen molar-refractivity contribution < 1.29 is 9.53 Å². The fourth-order valence-electron chi connectivity index (χ4n) is 3.37. The molecular formula is C16H27N3O2S. The summed E-state index contributed by atoms with van der Waals surface area (Å²) in [6.45, 7) is 7.59. The summed E-state index contributed by atoms with van der Waals surface area (Å²) in [5, 5.41) is 4.06. The van der Waals surface area contributed by atoms with Crippen molar-refractivity contribution in [1.29, 1.82) is 0 Å². The Bertz CT molecular complexity index is 497. The predicted molar refractivity (Wildman–Crippen MR) is 89.3 cm³/mol. The molecule has 22 heavy (non-hydrogen) atoms. The molecule has 0 aliphatic carbocycles. The normalized spacial score (nSPS) is 22.8. The van der Waals surface area contributed by atoms with Crippen LogP contribution in [0.1, 0.15) is 55.5 Å². The number of carbonyl (C=O) groups is 1. The minimum Gasteiger partial charge on any atom is -0.382 e. The van der Waals surface area contributed by atoms with E-state index in [-0.39, 0.29) is 17.6 Å². The lowest BCUT2D eigenvalue weighted by Crippen LogP contribution is -2.54. The number of methoxy groups -OCH3 is 1. The molecule has 1 aliphatic heterocycles. The molecule has 0 aromatic carbocycles. The van der Waals surface area contributed by atoms with Gasteiger partial charge in [0.25, 0.3) is 0 Å². The van der Waals surface area contributed by atoms with E-state index in [1.54, 1.807) is 18.4 Å². The second-order valence-electron chi connectivity index (χ2n) is 6.14. The molecule has 2 rings (SSSR count). The number of urea groups is 1. The highest BCUT2D eigenvalue weighted by Crippen LogP contribution is 2.34. The molecule has 0 bridgehead atoms. The molecule has 1 fully saturated rings. The molecule has 0 unspecified atom stereocenters. The molecular weight excluding hydrogens is 298 g/mol. The Hall–Kier alpha value is -1.14. The first-order valence-electron chi connectivity index (χ1n) is 8.02. The van der Waals surface area contributed by atoms with E-state index in [4.69, 9.17) is 4.74 Å². The molecule has 2 atom stereocenters. The zero-order valence-electron chi connectivity index (χ0n) is 14.0. The molecule has 1 saturated heterocycles. The maximum absolute atomic E-state index is 12.7. The summed E-state index contributed by atoms with van der Waals surface area (Å²) in [6.07, 6.45) is 5.95. The van der Waals surface area contributed by atoms with Gasteiger partial charge in [0.2, 0.25) is 0 Å². The lowest BCUT2D eigenvalue weighted by Gasteiger charge is -2.38. The summed E-state index contributed by atoms with van der Waals surface area (Å²) in [5.41, 5.74) is -0.147. The maximum Gasteiger partial charge on any atom is 0.318 e. The number of amides is 2. The molecule has 5 nitrogen and oxygen atoms in total. The molecule has 0 saturated carbocycles. The van der Waals surface area contributed by atoms with Crippen molar-refractivity contribution in [2.75, 3.05) is 20.3 Å². The number of carbonyl (C=O) groups excluding carboxylic acids is 1. The molecule has 6 heteroatoms. The monoisotopic (exact) mass is 325 g/mol. The number of ether oxygens (including phenoxy) is 1. The number of aromatic nitrogens is 1. The number of likely N-dealkylation sites (tertiary alicyclic amines) is 1. The third-order valence-corrected chi connectivity index (χ3v) is 5.41. The largest absolute Gasteiger partial charge is 0.382 e. The van der Waals surface area contributed by atoms with Gasteiger partial charge in [-0.2, -0.15) is 0 Å². The molecule has 2 amide bonds. The van der Waals surface area contributed by atoms with Crippen LogP contribution in [0.2, 0.25) is 0 Å². The lowest BCUT2D eigenvalue weighted by atomic mass is 9.91. The average molecular weight is 325 g/mol. The first-order valence-corrected chi connectivity index (χ1v) is 8.83. The van der Waals surface area contributed by atoms with Gasteiger partial charge in [0, 0.05) is 24.7 Å². The van der Waals surface area contributed by atoms with E-state index >= 15 is 0 Å². The quantitative estimate of drug-likeness (QED) is 0.871. The third kappa shape index (κ3) is 3.60. The van der Waals surface area contributed by atoms with E-state index < -0.39 is 0 Å². The fourth-order valence-corrected chi connectivity index (χ4v) is 4.15. The van der Waals surface area contributed by atoms with Crippen LogP contribution in [0.25, 0.3) is 0 Å². The van der Waals surface area contributed by atoms with Gasteiger partial charge in [-0.05, 0) is 33.1 Å². The summed E-state index contributed by atoms with van der Waals surface area (Å²) in [5.74, 6) is 0. The molecule has 1 aromatic heterocycles. The topological polar surface area (TPSA) is 54.5 Å². The number of thiazole rings is 1. The van der Waals surface area contributed by atoms with Gasteiger partial charge in [0.15, 0.2) is 0 Å². The minimum atomic E-state index is -0.147. The van der Waals surface area contributed by atoms with E-state index in [2.05, 4.69) is 17.2 Å². The number of nitrogens with one attached hydrogen (secondary N) is 1. The first kappa shape index (κ1) is 17.2. The summed E-state index contributed by atoms with van der Waals surface area (Å²) in [6, 6.07) is -0.0583. The summed E-state index contributed by atoms with van der Waals surface area (Å²) in [4.78, 5) is 20.2. The predicted octanol–water partition coefficient (Wildman–Crippen LogP) is 3.50. The van der Waals surface area contributed by atoms with Gasteiger partial charge < -0.3 is 15.0 Å². The van der Waals surface area contributed by atoms with Gasteiger partial charge in [0.1, 0.15) is 5.01 Å². The van der Waals surface area contributed by atoms with Crippen LogP contribution in [0.15, 0.2) is 6.20 Å². The minimum absolute atomic E-state index is 0.00310. The second kappa shape index (κ2) is 7.42. The van der Waals surface area contributed by atoms with Gasteiger partial charge in [-0.15, -0.1) is 11.3 Å². The van der Waals surface area contributed by atoms with Crippen molar-refractivity contribution >= 4 is 17.4 Å². The van der Waals surface area contributed by atoms with Crippen LogP contribution >= 0.6 is 11.3 Å². The molecule has 0 spiro atoms. The SMILES string of the molecule is CCC[C@@]1(COC)CCCN1C(=O)N[C@H](C)c1ncc(C)s1. The van der Waals surface area contributed by atoms with E-state index in [0.29, 0.717) is 6.61 Å². The average Bonchev–Trinajstić information content (AvgIpc) is 3.06. The number of aryl methyl sites for hydroxylation is 1. The number of nitrogens with zero attached hydrogens (tertiary/aromatic N) is 2. The second-order valence-corrected chi connectivity index (χ2v) is 7.41. The van der Waals surface area contributed by atoms with Crippen LogP contribution < -0.4 is 5.32 Å². The van der Waals surface area contributed by atoms with Gasteiger partial charge in [-0.3, -0.25) is 0 Å². The Kier molecular flexibility index (Phi) is 5.81.